The maximum Gasteiger partial charge on any atom is 0.182 e. The molecule has 1 aliphatic rings. The lowest BCUT2D eigenvalue weighted by Crippen LogP contribution is -2.24. The maximum absolute atomic E-state index is 13.3. The number of hydrogen-bond donors (Lipinski definition) is 1. The summed E-state index contributed by atoms with van der Waals surface area (Å²) in [6.45, 7) is 3.04. The molecule has 1 saturated carbocycles. The molecule has 0 aliphatic heterocycles. The van der Waals surface area contributed by atoms with Crippen molar-refractivity contribution in [2.45, 2.75) is 45.6 Å². The molecule has 1 aromatic heterocycles. The summed E-state index contributed by atoms with van der Waals surface area (Å²) < 4.78 is 15.1. The van der Waals surface area contributed by atoms with Crippen LogP contribution in [-0.4, -0.2) is 20.2 Å². The van der Waals surface area contributed by atoms with E-state index in [1.807, 2.05) is 4.68 Å². The van der Waals surface area contributed by atoms with E-state index in [0.717, 1.165) is 18.5 Å². The molecule has 0 bridgehead atoms. The molecule has 112 valence electrons. The van der Waals surface area contributed by atoms with E-state index in [1.165, 1.54) is 31.7 Å². The lowest BCUT2D eigenvalue weighted by Gasteiger charge is -2.27. The molecule has 0 amide bonds. The Morgan fingerprint density at radius 2 is 2.10 bits per heavy atom. The molecule has 2 N–H and O–H groups in total. The average Bonchev–Trinajstić information content (AvgIpc) is 3.12. The van der Waals surface area contributed by atoms with Crippen molar-refractivity contribution >= 4 is 5.69 Å². The highest BCUT2D eigenvalue weighted by Gasteiger charge is 2.33. The predicted molar refractivity (Wildman–Crippen MR) is 78.8 cm³/mol. The van der Waals surface area contributed by atoms with Gasteiger partial charge >= 0.3 is 0 Å². The molecule has 21 heavy (non-hydrogen) atoms. The largest absolute Gasteiger partial charge is 0.396 e. The van der Waals surface area contributed by atoms with Gasteiger partial charge in [-0.2, -0.15) is 0 Å². The number of aromatic nitrogens is 4. The first kappa shape index (κ1) is 14.0. The monoisotopic (exact) mass is 289 g/mol. The summed E-state index contributed by atoms with van der Waals surface area (Å²) >= 11 is 0. The van der Waals surface area contributed by atoms with Crippen molar-refractivity contribution < 1.29 is 4.39 Å². The van der Waals surface area contributed by atoms with Crippen LogP contribution in [-0.2, 0) is 6.54 Å². The van der Waals surface area contributed by atoms with Crippen molar-refractivity contribution in [3.05, 3.63) is 24.0 Å². The van der Waals surface area contributed by atoms with Gasteiger partial charge in [0.1, 0.15) is 5.82 Å². The molecule has 0 radical (unpaired) electrons. The molecular formula is C15H20FN5. The van der Waals surface area contributed by atoms with Crippen LogP contribution in [0.25, 0.3) is 11.4 Å². The molecule has 2 aromatic rings. The Kier molecular flexibility index (Phi) is 3.61. The second-order valence-electron chi connectivity index (χ2n) is 5.96. The van der Waals surface area contributed by atoms with Crippen molar-refractivity contribution in [1.29, 1.82) is 0 Å². The minimum atomic E-state index is -0.418. The highest BCUT2D eigenvalue weighted by atomic mass is 19.1. The van der Waals surface area contributed by atoms with Crippen LogP contribution in [0.3, 0.4) is 0 Å². The third kappa shape index (κ3) is 2.62. The van der Waals surface area contributed by atoms with Gasteiger partial charge in [-0.25, -0.2) is 9.07 Å². The molecule has 1 aliphatic carbocycles. The fourth-order valence-electron chi connectivity index (χ4n) is 3.27. The highest BCUT2D eigenvalue weighted by molar-refractivity contribution is 5.61. The van der Waals surface area contributed by atoms with E-state index in [-0.39, 0.29) is 11.1 Å². The first-order valence-corrected chi connectivity index (χ1v) is 7.45. The van der Waals surface area contributed by atoms with Crippen LogP contribution in [0, 0.1) is 11.2 Å². The Morgan fingerprint density at radius 1 is 1.33 bits per heavy atom. The first-order valence-electron chi connectivity index (χ1n) is 7.45. The van der Waals surface area contributed by atoms with E-state index in [2.05, 4.69) is 22.4 Å². The third-order valence-corrected chi connectivity index (χ3v) is 4.69. The van der Waals surface area contributed by atoms with Gasteiger partial charge in [-0.05, 0) is 53.3 Å². The van der Waals surface area contributed by atoms with Gasteiger partial charge in [0.05, 0.1) is 12.2 Å². The van der Waals surface area contributed by atoms with Gasteiger partial charge in [0.2, 0.25) is 0 Å². The molecule has 0 unspecified atom stereocenters. The zero-order chi connectivity index (χ0) is 14.9. The van der Waals surface area contributed by atoms with Crippen LogP contribution in [0.5, 0.6) is 0 Å². The summed E-state index contributed by atoms with van der Waals surface area (Å²) in [4.78, 5) is 0. The Hall–Kier alpha value is -1.98. The van der Waals surface area contributed by atoms with Gasteiger partial charge in [0.25, 0.3) is 0 Å². The van der Waals surface area contributed by atoms with Gasteiger partial charge in [0, 0.05) is 5.56 Å². The second-order valence-corrected chi connectivity index (χ2v) is 5.96. The minimum absolute atomic E-state index is 0.119. The van der Waals surface area contributed by atoms with Crippen molar-refractivity contribution in [3.8, 4) is 11.4 Å². The number of benzene rings is 1. The predicted octanol–water partition coefficient (Wildman–Crippen LogP) is 3.03. The van der Waals surface area contributed by atoms with Crippen LogP contribution in [0.4, 0.5) is 10.1 Å². The minimum Gasteiger partial charge on any atom is -0.396 e. The SMILES string of the molecule is CCC1(Cn2nnnc2-c2ccc(F)c(N)c2)CCCC1. The lowest BCUT2D eigenvalue weighted by molar-refractivity contribution is 0.226. The molecule has 0 saturated heterocycles. The molecule has 3 rings (SSSR count). The average molecular weight is 289 g/mol. The summed E-state index contributed by atoms with van der Waals surface area (Å²) in [7, 11) is 0. The molecule has 1 fully saturated rings. The molecule has 6 heteroatoms. The van der Waals surface area contributed by atoms with Gasteiger partial charge in [-0.1, -0.05) is 19.8 Å². The van der Waals surface area contributed by atoms with E-state index in [9.17, 15) is 4.39 Å². The number of anilines is 1. The van der Waals surface area contributed by atoms with Gasteiger partial charge in [0.15, 0.2) is 5.82 Å². The Bertz CT molecular complexity index is 631. The zero-order valence-corrected chi connectivity index (χ0v) is 12.2. The number of halogens is 1. The highest BCUT2D eigenvalue weighted by Crippen LogP contribution is 2.42. The first-order chi connectivity index (χ1) is 10.1. The molecule has 1 heterocycles. The normalized spacial score (nSPS) is 17.2. The zero-order valence-electron chi connectivity index (χ0n) is 12.2. The summed E-state index contributed by atoms with van der Waals surface area (Å²) in [5, 5.41) is 12.0. The summed E-state index contributed by atoms with van der Waals surface area (Å²) in [6.07, 6.45) is 6.10. The van der Waals surface area contributed by atoms with Crippen LogP contribution in [0.1, 0.15) is 39.0 Å². The number of hydrogen-bond acceptors (Lipinski definition) is 4. The molecule has 0 atom stereocenters. The number of nitrogens with zero attached hydrogens (tertiary/aromatic N) is 4. The van der Waals surface area contributed by atoms with Gasteiger partial charge in [-0.15, -0.1) is 5.10 Å². The summed E-state index contributed by atoms with van der Waals surface area (Å²) in [5.41, 5.74) is 6.80. The number of nitrogens with two attached hydrogens (primary N) is 1. The maximum atomic E-state index is 13.3. The van der Waals surface area contributed by atoms with Crippen molar-refractivity contribution in [2.75, 3.05) is 5.73 Å². The summed E-state index contributed by atoms with van der Waals surface area (Å²) in [5.74, 6) is 0.236. The van der Waals surface area contributed by atoms with Crippen molar-refractivity contribution in [2.24, 2.45) is 5.41 Å². The van der Waals surface area contributed by atoms with Crippen LogP contribution < -0.4 is 5.73 Å². The van der Waals surface area contributed by atoms with E-state index in [4.69, 9.17) is 5.73 Å². The van der Waals surface area contributed by atoms with Crippen LogP contribution >= 0.6 is 0 Å². The topological polar surface area (TPSA) is 69.6 Å². The molecule has 5 nitrogen and oxygen atoms in total. The van der Waals surface area contributed by atoms with E-state index in [1.54, 1.807) is 12.1 Å². The second kappa shape index (κ2) is 5.42. The van der Waals surface area contributed by atoms with Gasteiger partial charge < -0.3 is 5.73 Å². The van der Waals surface area contributed by atoms with Crippen LogP contribution in [0.2, 0.25) is 0 Å². The quantitative estimate of drug-likeness (QED) is 0.878. The Labute approximate surface area is 123 Å². The number of nitrogen functional groups attached to an aromatic ring is 1. The Balaban J connectivity index is 1.91. The molecule has 1 aromatic carbocycles. The molecule has 0 spiro atoms. The standard InChI is InChI=1S/C15H20FN5/c1-2-15(7-3-4-8-15)10-21-14(18-19-20-21)11-5-6-12(16)13(17)9-11/h5-6,9H,2-4,7-8,10,17H2,1H3. The van der Waals surface area contributed by atoms with E-state index in [0.29, 0.717) is 5.82 Å². The van der Waals surface area contributed by atoms with E-state index >= 15 is 0 Å². The van der Waals surface area contributed by atoms with Crippen LogP contribution in [0.15, 0.2) is 18.2 Å². The fourth-order valence-corrected chi connectivity index (χ4v) is 3.27. The summed E-state index contributed by atoms with van der Waals surface area (Å²) in [6, 6.07) is 4.61. The van der Waals surface area contributed by atoms with E-state index < -0.39 is 5.82 Å². The third-order valence-electron chi connectivity index (χ3n) is 4.69. The Morgan fingerprint density at radius 3 is 2.76 bits per heavy atom. The van der Waals surface area contributed by atoms with Crippen molar-refractivity contribution in [3.63, 3.8) is 0 Å². The number of rotatable bonds is 4. The lowest BCUT2D eigenvalue weighted by atomic mass is 9.83. The van der Waals surface area contributed by atoms with Gasteiger partial charge in [-0.3, -0.25) is 0 Å². The fraction of sp³-hybridized carbons (Fsp3) is 0.533. The smallest absolute Gasteiger partial charge is 0.182 e. The molecular weight excluding hydrogens is 269 g/mol. The van der Waals surface area contributed by atoms with Crippen molar-refractivity contribution in [1.82, 2.24) is 20.2 Å². The number of tetrazole rings is 1.